The first-order valence-corrected chi connectivity index (χ1v) is 11.1. The van der Waals surface area contributed by atoms with Crippen LogP contribution in [0.2, 0.25) is 0 Å². The van der Waals surface area contributed by atoms with Gasteiger partial charge in [-0.3, -0.25) is 0 Å². The Morgan fingerprint density at radius 1 is 0.600 bits per heavy atom. The molecule has 1 aromatic heterocycles. The van der Waals surface area contributed by atoms with E-state index in [1.807, 2.05) is 0 Å². The van der Waals surface area contributed by atoms with Crippen LogP contribution in [0.5, 0.6) is 0 Å². The standard InChI is InChI=1S/C27H31N3/c1-5-29(6-2)21-15-13-20(14-16-21)27-24-12-10-9-11-23(24)25-19-22(30(7-3)8-4)17-18-26(25)28-27/h9-19H,5-8H2,1-4H3. The van der Waals surface area contributed by atoms with E-state index in [0.717, 1.165) is 43.0 Å². The van der Waals surface area contributed by atoms with Crippen LogP contribution in [0.1, 0.15) is 27.7 Å². The summed E-state index contributed by atoms with van der Waals surface area (Å²) in [7, 11) is 0. The van der Waals surface area contributed by atoms with Gasteiger partial charge in [-0.05, 0) is 63.4 Å². The first-order valence-electron chi connectivity index (χ1n) is 11.1. The van der Waals surface area contributed by atoms with Crippen molar-refractivity contribution in [1.82, 2.24) is 4.98 Å². The number of aromatic nitrogens is 1. The number of anilines is 2. The molecule has 0 saturated carbocycles. The van der Waals surface area contributed by atoms with Crippen LogP contribution < -0.4 is 9.80 Å². The van der Waals surface area contributed by atoms with Gasteiger partial charge in [-0.1, -0.05) is 36.4 Å². The molecule has 1 heterocycles. The van der Waals surface area contributed by atoms with Gasteiger partial charge < -0.3 is 9.80 Å². The Hall–Kier alpha value is -3.07. The minimum absolute atomic E-state index is 1.00. The molecule has 3 aromatic carbocycles. The van der Waals surface area contributed by atoms with Gasteiger partial charge in [0.15, 0.2) is 0 Å². The van der Waals surface area contributed by atoms with Crippen LogP contribution in [0.3, 0.4) is 0 Å². The molecule has 0 N–H and O–H groups in total. The molecule has 0 aliphatic carbocycles. The summed E-state index contributed by atoms with van der Waals surface area (Å²) < 4.78 is 0. The highest BCUT2D eigenvalue weighted by Crippen LogP contribution is 2.34. The van der Waals surface area contributed by atoms with E-state index in [0.29, 0.717) is 0 Å². The van der Waals surface area contributed by atoms with Gasteiger partial charge in [0, 0.05) is 53.9 Å². The van der Waals surface area contributed by atoms with Crippen LogP contribution in [0.4, 0.5) is 11.4 Å². The van der Waals surface area contributed by atoms with E-state index in [2.05, 4.69) is 104 Å². The molecule has 0 saturated heterocycles. The summed E-state index contributed by atoms with van der Waals surface area (Å²) in [5.41, 5.74) is 5.79. The van der Waals surface area contributed by atoms with Gasteiger partial charge in [0.05, 0.1) is 11.2 Å². The van der Waals surface area contributed by atoms with Crippen molar-refractivity contribution in [3.8, 4) is 11.3 Å². The summed E-state index contributed by atoms with van der Waals surface area (Å²) in [6.45, 7) is 12.8. The predicted octanol–water partition coefficient (Wildman–Crippen LogP) is 6.75. The van der Waals surface area contributed by atoms with Crippen molar-refractivity contribution in [2.24, 2.45) is 0 Å². The van der Waals surface area contributed by atoms with Crippen molar-refractivity contribution >= 4 is 33.1 Å². The van der Waals surface area contributed by atoms with E-state index >= 15 is 0 Å². The van der Waals surface area contributed by atoms with Gasteiger partial charge in [-0.15, -0.1) is 0 Å². The molecule has 0 radical (unpaired) electrons. The van der Waals surface area contributed by atoms with E-state index < -0.39 is 0 Å². The quantitative estimate of drug-likeness (QED) is 0.322. The zero-order chi connectivity index (χ0) is 21.1. The third kappa shape index (κ3) is 3.60. The van der Waals surface area contributed by atoms with E-state index in [1.165, 1.54) is 27.5 Å². The van der Waals surface area contributed by atoms with E-state index in [-0.39, 0.29) is 0 Å². The van der Waals surface area contributed by atoms with Crippen LogP contribution in [0.25, 0.3) is 32.9 Å². The summed E-state index contributed by atoms with van der Waals surface area (Å²) in [6, 6.07) is 24.2. The summed E-state index contributed by atoms with van der Waals surface area (Å²) >= 11 is 0. The molecule has 4 rings (SSSR count). The smallest absolute Gasteiger partial charge is 0.0788 e. The minimum Gasteiger partial charge on any atom is -0.372 e. The van der Waals surface area contributed by atoms with E-state index in [4.69, 9.17) is 4.98 Å². The normalized spacial score (nSPS) is 11.2. The second-order valence-corrected chi connectivity index (χ2v) is 7.60. The number of rotatable bonds is 7. The molecule has 0 spiro atoms. The number of hydrogen-bond donors (Lipinski definition) is 0. The maximum absolute atomic E-state index is 5.11. The molecule has 0 aliphatic heterocycles. The Bertz CT molecular complexity index is 1140. The van der Waals surface area contributed by atoms with Crippen LogP contribution in [-0.2, 0) is 0 Å². The molecule has 3 heteroatoms. The third-order valence-electron chi connectivity index (χ3n) is 6.08. The maximum atomic E-state index is 5.11. The molecular weight excluding hydrogens is 366 g/mol. The minimum atomic E-state index is 1.00. The van der Waals surface area contributed by atoms with Crippen molar-refractivity contribution in [2.45, 2.75) is 27.7 Å². The lowest BCUT2D eigenvalue weighted by Gasteiger charge is -2.22. The maximum Gasteiger partial charge on any atom is 0.0788 e. The van der Waals surface area contributed by atoms with Crippen LogP contribution in [-0.4, -0.2) is 31.2 Å². The first-order chi connectivity index (χ1) is 14.7. The lowest BCUT2D eigenvalue weighted by atomic mass is 9.99. The summed E-state index contributed by atoms with van der Waals surface area (Å²) in [5, 5.41) is 3.69. The van der Waals surface area contributed by atoms with Gasteiger partial charge in [0.1, 0.15) is 0 Å². The van der Waals surface area contributed by atoms with Gasteiger partial charge >= 0.3 is 0 Å². The van der Waals surface area contributed by atoms with E-state index in [1.54, 1.807) is 0 Å². The molecular formula is C27H31N3. The Balaban J connectivity index is 1.87. The van der Waals surface area contributed by atoms with Crippen LogP contribution in [0.15, 0.2) is 66.7 Å². The summed E-state index contributed by atoms with van der Waals surface area (Å²) in [5.74, 6) is 0. The van der Waals surface area contributed by atoms with E-state index in [9.17, 15) is 0 Å². The Morgan fingerprint density at radius 3 is 1.80 bits per heavy atom. The zero-order valence-corrected chi connectivity index (χ0v) is 18.5. The van der Waals surface area contributed by atoms with Gasteiger partial charge in [0.2, 0.25) is 0 Å². The average Bonchev–Trinajstić information content (AvgIpc) is 2.81. The predicted molar refractivity (Wildman–Crippen MR) is 132 cm³/mol. The fourth-order valence-corrected chi connectivity index (χ4v) is 4.37. The molecule has 0 bridgehead atoms. The number of hydrogen-bond acceptors (Lipinski definition) is 3. The van der Waals surface area contributed by atoms with Gasteiger partial charge in [-0.25, -0.2) is 4.98 Å². The van der Waals surface area contributed by atoms with Crippen LogP contribution >= 0.6 is 0 Å². The highest BCUT2D eigenvalue weighted by atomic mass is 15.1. The van der Waals surface area contributed by atoms with Crippen molar-refractivity contribution in [1.29, 1.82) is 0 Å². The molecule has 4 aromatic rings. The van der Waals surface area contributed by atoms with Crippen molar-refractivity contribution in [3.63, 3.8) is 0 Å². The molecule has 154 valence electrons. The molecule has 0 fully saturated rings. The highest BCUT2D eigenvalue weighted by molar-refractivity contribution is 6.11. The Labute approximate surface area is 180 Å². The molecule has 0 atom stereocenters. The zero-order valence-electron chi connectivity index (χ0n) is 18.5. The Kier molecular flexibility index (Phi) is 5.89. The first kappa shape index (κ1) is 20.2. The number of nitrogens with zero attached hydrogens (tertiary/aromatic N) is 3. The largest absolute Gasteiger partial charge is 0.372 e. The van der Waals surface area contributed by atoms with Crippen molar-refractivity contribution in [2.75, 3.05) is 36.0 Å². The van der Waals surface area contributed by atoms with Gasteiger partial charge in [0.25, 0.3) is 0 Å². The Morgan fingerprint density at radius 2 is 1.17 bits per heavy atom. The third-order valence-corrected chi connectivity index (χ3v) is 6.08. The topological polar surface area (TPSA) is 19.4 Å². The lowest BCUT2D eigenvalue weighted by molar-refractivity contribution is 0.866. The number of pyridine rings is 1. The van der Waals surface area contributed by atoms with Gasteiger partial charge in [-0.2, -0.15) is 0 Å². The SMILES string of the molecule is CCN(CC)c1ccc(-c2nc3ccc(N(CC)CC)cc3c3ccccc23)cc1. The number of benzene rings is 3. The molecule has 0 aliphatic rings. The fourth-order valence-electron chi connectivity index (χ4n) is 4.37. The van der Waals surface area contributed by atoms with Crippen LogP contribution in [0, 0.1) is 0 Å². The number of fused-ring (bicyclic) bond motifs is 3. The highest BCUT2D eigenvalue weighted by Gasteiger charge is 2.12. The lowest BCUT2D eigenvalue weighted by Crippen LogP contribution is -2.21. The monoisotopic (exact) mass is 397 g/mol. The second kappa shape index (κ2) is 8.74. The summed E-state index contributed by atoms with van der Waals surface area (Å²) in [6.07, 6.45) is 0. The molecule has 3 nitrogen and oxygen atoms in total. The molecule has 30 heavy (non-hydrogen) atoms. The average molecular weight is 398 g/mol. The fraction of sp³-hybridized carbons (Fsp3) is 0.296. The van der Waals surface area contributed by atoms with Crippen molar-refractivity contribution in [3.05, 3.63) is 66.7 Å². The molecule has 0 unspecified atom stereocenters. The molecule has 0 amide bonds. The second-order valence-electron chi connectivity index (χ2n) is 7.60. The summed E-state index contributed by atoms with van der Waals surface area (Å²) in [4.78, 5) is 9.86. The van der Waals surface area contributed by atoms with Crippen molar-refractivity contribution < 1.29 is 0 Å².